The van der Waals surface area contributed by atoms with Crippen molar-refractivity contribution < 1.29 is 0 Å². The molecule has 2 saturated carbocycles. The highest BCUT2D eigenvalue weighted by atomic mass is 15.1. The van der Waals surface area contributed by atoms with E-state index in [1.807, 2.05) is 0 Å². The summed E-state index contributed by atoms with van der Waals surface area (Å²) >= 11 is 0. The van der Waals surface area contributed by atoms with E-state index in [0.29, 0.717) is 5.41 Å². The molecule has 116 valence electrons. The number of nitrogens with one attached hydrogen (secondary N) is 1. The van der Waals surface area contributed by atoms with Crippen LogP contribution in [0.5, 0.6) is 0 Å². The number of rotatable bonds is 6. The van der Waals surface area contributed by atoms with Crippen molar-refractivity contribution in [3.63, 3.8) is 0 Å². The molecule has 0 amide bonds. The predicted molar refractivity (Wildman–Crippen MR) is 91.0 cm³/mol. The summed E-state index contributed by atoms with van der Waals surface area (Å²) in [6, 6.07) is 9.80. The summed E-state index contributed by atoms with van der Waals surface area (Å²) in [7, 11) is 2.26. The van der Waals surface area contributed by atoms with Crippen LogP contribution in [0.1, 0.15) is 50.5 Å². The van der Waals surface area contributed by atoms with Crippen LogP contribution in [-0.4, -0.2) is 26.2 Å². The van der Waals surface area contributed by atoms with E-state index in [1.165, 1.54) is 69.3 Å². The lowest BCUT2D eigenvalue weighted by molar-refractivity contribution is 0.188. The van der Waals surface area contributed by atoms with Gasteiger partial charge in [-0.15, -0.1) is 0 Å². The van der Waals surface area contributed by atoms with Gasteiger partial charge in [0.2, 0.25) is 0 Å². The van der Waals surface area contributed by atoms with Crippen LogP contribution in [0, 0.1) is 12.3 Å². The third-order valence-electron chi connectivity index (χ3n) is 5.30. The Labute approximate surface area is 129 Å². The molecular formula is C19H30N2. The molecule has 0 saturated heterocycles. The molecular weight excluding hydrogens is 256 g/mol. The lowest BCUT2D eigenvalue weighted by atomic mass is 9.73. The maximum Gasteiger partial charge on any atom is 0.0363 e. The van der Waals surface area contributed by atoms with E-state index in [1.54, 1.807) is 0 Å². The zero-order valence-corrected chi connectivity index (χ0v) is 13.7. The summed E-state index contributed by atoms with van der Waals surface area (Å²) in [6.07, 6.45) is 9.82. The first-order valence-corrected chi connectivity index (χ1v) is 8.68. The van der Waals surface area contributed by atoms with E-state index >= 15 is 0 Å². The normalized spacial score (nSPS) is 21.2. The Morgan fingerprint density at radius 2 is 1.76 bits per heavy atom. The summed E-state index contributed by atoms with van der Waals surface area (Å²) in [6.45, 7) is 4.57. The molecule has 0 radical (unpaired) electrons. The average molecular weight is 286 g/mol. The molecule has 1 N–H and O–H groups in total. The third-order valence-corrected chi connectivity index (χ3v) is 5.30. The average Bonchev–Trinajstić information content (AvgIpc) is 3.31. The summed E-state index contributed by atoms with van der Waals surface area (Å²) in [5.41, 5.74) is 3.19. The Morgan fingerprint density at radius 1 is 1.10 bits per heavy atom. The number of hydrogen-bond acceptors (Lipinski definition) is 2. The van der Waals surface area contributed by atoms with Crippen LogP contribution < -0.4 is 10.2 Å². The molecule has 2 aliphatic rings. The molecule has 1 aromatic rings. The Kier molecular flexibility index (Phi) is 4.54. The minimum Gasteiger partial charge on any atom is -0.374 e. The van der Waals surface area contributed by atoms with Crippen molar-refractivity contribution in [1.82, 2.24) is 5.32 Å². The van der Waals surface area contributed by atoms with Gasteiger partial charge >= 0.3 is 0 Å². The minimum atomic E-state index is 0.487. The Hall–Kier alpha value is -1.02. The molecule has 1 aromatic carbocycles. The molecule has 2 aliphatic carbocycles. The number of anilines is 1. The highest BCUT2D eigenvalue weighted by molar-refractivity contribution is 5.47. The molecule has 0 aromatic heterocycles. The topological polar surface area (TPSA) is 15.3 Å². The van der Waals surface area contributed by atoms with E-state index in [9.17, 15) is 0 Å². The first-order chi connectivity index (χ1) is 10.2. The summed E-state index contributed by atoms with van der Waals surface area (Å²) in [5, 5.41) is 3.81. The standard InChI is InChI=1S/C19H30N2/c1-16-6-10-18(11-7-16)21(2)15-19(12-4-3-5-13-19)14-20-17-8-9-17/h6-7,10-11,17,20H,3-5,8-9,12-15H2,1-2H3. The molecule has 3 rings (SSSR count). The quantitative estimate of drug-likeness (QED) is 0.845. The zero-order chi connectivity index (χ0) is 14.7. The minimum absolute atomic E-state index is 0.487. The Bertz CT molecular complexity index is 441. The fourth-order valence-electron chi connectivity index (χ4n) is 3.73. The highest BCUT2D eigenvalue weighted by Crippen LogP contribution is 2.38. The molecule has 0 atom stereocenters. The van der Waals surface area contributed by atoms with Crippen LogP contribution in [0.4, 0.5) is 5.69 Å². The first-order valence-electron chi connectivity index (χ1n) is 8.68. The molecule has 0 spiro atoms. The number of aryl methyl sites for hydroxylation is 1. The summed E-state index contributed by atoms with van der Waals surface area (Å²) in [5.74, 6) is 0. The second-order valence-electron chi connectivity index (χ2n) is 7.41. The van der Waals surface area contributed by atoms with Gasteiger partial charge < -0.3 is 10.2 Å². The lowest BCUT2D eigenvalue weighted by Gasteiger charge is -2.41. The fraction of sp³-hybridized carbons (Fsp3) is 0.684. The monoisotopic (exact) mass is 286 g/mol. The van der Waals surface area contributed by atoms with Crippen molar-refractivity contribution in [2.24, 2.45) is 5.41 Å². The van der Waals surface area contributed by atoms with Crippen LogP contribution in [0.25, 0.3) is 0 Å². The Balaban J connectivity index is 1.65. The first kappa shape index (κ1) is 14.9. The number of hydrogen-bond donors (Lipinski definition) is 1. The fourth-order valence-corrected chi connectivity index (χ4v) is 3.73. The molecule has 2 fully saturated rings. The van der Waals surface area contributed by atoms with Gasteiger partial charge in [0.1, 0.15) is 0 Å². The third kappa shape index (κ3) is 4.00. The van der Waals surface area contributed by atoms with Crippen LogP contribution in [0.15, 0.2) is 24.3 Å². The zero-order valence-electron chi connectivity index (χ0n) is 13.7. The second kappa shape index (κ2) is 6.39. The lowest BCUT2D eigenvalue weighted by Crippen LogP contribution is -2.45. The van der Waals surface area contributed by atoms with E-state index in [4.69, 9.17) is 0 Å². The molecule has 0 unspecified atom stereocenters. The van der Waals surface area contributed by atoms with Gasteiger partial charge in [-0.25, -0.2) is 0 Å². The predicted octanol–water partition coefficient (Wildman–Crippen LogP) is 4.13. The van der Waals surface area contributed by atoms with Gasteiger partial charge in [-0.2, -0.15) is 0 Å². The van der Waals surface area contributed by atoms with E-state index in [2.05, 4.69) is 48.5 Å². The smallest absolute Gasteiger partial charge is 0.0363 e. The van der Waals surface area contributed by atoms with Crippen molar-refractivity contribution in [3.05, 3.63) is 29.8 Å². The Morgan fingerprint density at radius 3 is 2.38 bits per heavy atom. The highest BCUT2D eigenvalue weighted by Gasteiger charge is 2.35. The summed E-state index contributed by atoms with van der Waals surface area (Å²) < 4.78 is 0. The van der Waals surface area contributed by atoms with Crippen molar-refractivity contribution >= 4 is 5.69 Å². The number of nitrogens with zero attached hydrogens (tertiary/aromatic N) is 1. The van der Waals surface area contributed by atoms with Gasteiger partial charge in [0.25, 0.3) is 0 Å². The maximum absolute atomic E-state index is 3.81. The molecule has 0 aliphatic heterocycles. The van der Waals surface area contributed by atoms with E-state index in [0.717, 1.165) is 6.04 Å². The SMILES string of the molecule is Cc1ccc(N(C)CC2(CNC3CC3)CCCCC2)cc1. The van der Waals surface area contributed by atoms with Crippen LogP contribution in [0.3, 0.4) is 0 Å². The van der Waals surface area contributed by atoms with Crippen LogP contribution >= 0.6 is 0 Å². The van der Waals surface area contributed by atoms with Gasteiger partial charge in [-0.3, -0.25) is 0 Å². The maximum atomic E-state index is 3.81. The molecule has 21 heavy (non-hydrogen) atoms. The van der Waals surface area contributed by atoms with Crippen molar-refractivity contribution in [2.75, 3.05) is 25.0 Å². The van der Waals surface area contributed by atoms with Crippen molar-refractivity contribution in [1.29, 1.82) is 0 Å². The molecule has 2 heteroatoms. The number of benzene rings is 1. The summed E-state index contributed by atoms with van der Waals surface area (Å²) in [4.78, 5) is 2.47. The van der Waals surface area contributed by atoms with Crippen LogP contribution in [0.2, 0.25) is 0 Å². The van der Waals surface area contributed by atoms with Crippen LogP contribution in [-0.2, 0) is 0 Å². The molecule has 2 nitrogen and oxygen atoms in total. The van der Waals surface area contributed by atoms with E-state index < -0.39 is 0 Å². The van der Waals surface area contributed by atoms with Crippen molar-refractivity contribution in [3.8, 4) is 0 Å². The largest absolute Gasteiger partial charge is 0.374 e. The molecule has 0 bridgehead atoms. The van der Waals surface area contributed by atoms with Gasteiger partial charge in [-0.05, 0) is 44.7 Å². The second-order valence-corrected chi connectivity index (χ2v) is 7.41. The van der Waals surface area contributed by atoms with Gasteiger partial charge in [0.05, 0.1) is 0 Å². The van der Waals surface area contributed by atoms with Gasteiger partial charge in [0, 0.05) is 37.3 Å². The molecule has 0 heterocycles. The van der Waals surface area contributed by atoms with E-state index in [-0.39, 0.29) is 0 Å². The van der Waals surface area contributed by atoms with Crippen molar-refractivity contribution in [2.45, 2.75) is 57.9 Å². The van der Waals surface area contributed by atoms with Gasteiger partial charge in [-0.1, -0.05) is 37.0 Å². The van der Waals surface area contributed by atoms with Gasteiger partial charge in [0.15, 0.2) is 0 Å².